The van der Waals surface area contributed by atoms with E-state index in [4.69, 9.17) is 16.0 Å². The minimum absolute atomic E-state index is 0.000811. The quantitative estimate of drug-likeness (QED) is 0.415. The third kappa shape index (κ3) is 3.99. The van der Waals surface area contributed by atoms with Crippen molar-refractivity contribution < 1.29 is 14.0 Å². The number of urea groups is 1. The lowest BCUT2D eigenvalue weighted by molar-refractivity contribution is -0.118. The van der Waals surface area contributed by atoms with E-state index in [2.05, 4.69) is 24.5 Å². The lowest BCUT2D eigenvalue weighted by Crippen LogP contribution is -2.41. The SMILES string of the molecule is Cc1ccc(NC(=O)N2c3ccccc3NC3=C(C(=O)CC(C)(C)C3)[C@H]2c2ccco2)c(Cl)c1. The van der Waals surface area contributed by atoms with E-state index in [1.807, 2.05) is 37.3 Å². The summed E-state index contributed by atoms with van der Waals surface area (Å²) in [5.74, 6) is 0.517. The van der Waals surface area contributed by atoms with Crippen LogP contribution in [0.5, 0.6) is 0 Å². The number of nitrogens with zero attached hydrogens (tertiary/aromatic N) is 1. The Morgan fingerprint density at radius 1 is 1.15 bits per heavy atom. The fraction of sp³-hybridized carbons (Fsp3) is 0.259. The number of aryl methyl sites for hydroxylation is 1. The number of ketones is 1. The Balaban J connectivity index is 1.68. The minimum Gasteiger partial charge on any atom is -0.467 e. The normalized spacial score (nSPS) is 19.1. The van der Waals surface area contributed by atoms with Crippen molar-refractivity contribution in [3.05, 3.63) is 88.5 Å². The maximum atomic E-state index is 13.9. The summed E-state index contributed by atoms with van der Waals surface area (Å²) in [4.78, 5) is 29.0. The first-order valence-electron chi connectivity index (χ1n) is 11.3. The molecular formula is C27H26ClN3O3. The molecule has 0 saturated heterocycles. The number of para-hydroxylation sites is 2. The fourth-order valence-electron chi connectivity index (χ4n) is 4.82. The summed E-state index contributed by atoms with van der Waals surface area (Å²) in [6.45, 7) is 6.10. The van der Waals surface area contributed by atoms with Gasteiger partial charge >= 0.3 is 6.03 Å². The molecule has 7 heteroatoms. The number of anilines is 3. The van der Waals surface area contributed by atoms with E-state index < -0.39 is 12.1 Å². The molecule has 0 spiro atoms. The van der Waals surface area contributed by atoms with Crippen LogP contribution in [-0.2, 0) is 4.79 Å². The number of hydrogen-bond donors (Lipinski definition) is 2. The highest BCUT2D eigenvalue weighted by molar-refractivity contribution is 6.34. The number of halogens is 1. The minimum atomic E-state index is -0.728. The molecule has 1 atom stereocenters. The Morgan fingerprint density at radius 2 is 1.94 bits per heavy atom. The van der Waals surface area contributed by atoms with E-state index in [1.54, 1.807) is 35.4 Å². The first-order chi connectivity index (χ1) is 16.2. The molecule has 2 amide bonds. The van der Waals surface area contributed by atoms with Crippen LogP contribution in [0, 0.1) is 12.3 Å². The number of carbonyl (C=O) groups excluding carboxylic acids is 2. The maximum absolute atomic E-state index is 13.9. The molecule has 0 saturated carbocycles. The van der Waals surface area contributed by atoms with Gasteiger partial charge in [0.25, 0.3) is 0 Å². The van der Waals surface area contributed by atoms with Crippen LogP contribution in [-0.4, -0.2) is 11.8 Å². The van der Waals surface area contributed by atoms with Gasteiger partial charge in [0.15, 0.2) is 5.78 Å². The van der Waals surface area contributed by atoms with Crippen LogP contribution in [0.15, 0.2) is 76.5 Å². The van der Waals surface area contributed by atoms with Gasteiger partial charge in [-0.25, -0.2) is 4.79 Å². The molecule has 3 aromatic rings. The van der Waals surface area contributed by atoms with Gasteiger partial charge < -0.3 is 15.1 Å². The molecule has 0 bridgehead atoms. The van der Waals surface area contributed by atoms with Crippen molar-refractivity contribution in [1.29, 1.82) is 0 Å². The van der Waals surface area contributed by atoms with Crippen molar-refractivity contribution in [3.63, 3.8) is 0 Å². The van der Waals surface area contributed by atoms with E-state index in [-0.39, 0.29) is 11.2 Å². The monoisotopic (exact) mass is 475 g/mol. The van der Waals surface area contributed by atoms with Crippen molar-refractivity contribution >= 4 is 40.5 Å². The highest BCUT2D eigenvalue weighted by Crippen LogP contribution is 2.48. The first-order valence-corrected chi connectivity index (χ1v) is 11.6. The predicted molar refractivity (Wildman–Crippen MR) is 134 cm³/mol. The Hall–Kier alpha value is -3.51. The van der Waals surface area contributed by atoms with Crippen molar-refractivity contribution in [2.24, 2.45) is 5.41 Å². The van der Waals surface area contributed by atoms with Crippen molar-refractivity contribution in [1.82, 2.24) is 0 Å². The van der Waals surface area contributed by atoms with Crippen LogP contribution < -0.4 is 15.5 Å². The van der Waals surface area contributed by atoms with Gasteiger partial charge in [-0.1, -0.05) is 43.6 Å². The van der Waals surface area contributed by atoms with Gasteiger partial charge in [0.1, 0.15) is 11.8 Å². The van der Waals surface area contributed by atoms with Crippen LogP contribution in [0.2, 0.25) is 5.02 Å². The zero-order valence-corrected chi connectivity index (χ0v) is 20.1. The summed E-state index contributed by atoms with van der Waals surface area (Å²) in [7, 11) is 0. The van der Waals surface area contributed by atoms with Gasteiger partial charge in [-0.15, -0.1) is 0 Å². The molecule has 2 aromatic carbocycles. The Labute approximate surface area is 203 Å². The highest BCUT2D eigenvalue weighted by atomic mass is 35.5. The second-order valence-corrected chi connectivity index (χ2v) is 10.1. The number of allylic oxidation sites excluding steroid dienone is 1. The van der Waals surface area contributed by atoms with Gasteiger partial charge in [-0.3, -0.25) is 9.69 Å². The molecule has 2 N–H and O–H groups in total. The number of fused-ring (bicyclic) bond motifs is 1. The Kier molecular flexibility index (Phi) is 5.48. The second kappa shape index (κ2) is 8.37. The van der Waals surface area contributed by atoms with Gasteiger partial charge in [-0.05, 0) is 60.7 Å². The topological polar surface area (TPSA) is 74.6 Å². The van der Waals surface area contributed by atoms with Gasteiger partial charge in [0.05, 0.1) is 28.3 Å². The number of carbonyl (C=O) groups is 2. The molecule has 34 heavy (non-hydrogen) atoms. The van der Waals surface area contributed by atoms with Gasteiger partial charge in [0, 0.05) is 17.7 Å². The highest BCUT2D eigenvalue weighted by Gasteiger charge is 2.44. The van der Waals surface area contributed by atoms with Gasteiger partial charge in [0.2, 0.25) is 0 Å². The number of furan rings is 1. The largest absolute Gasteiger partial charge is 0.467 e. The van der Waals surface area contributed by atoms with E-state index in [0.717, 1.165) is 16.9 Å². The molecule has 2 aliphatic rings. The summed E-state index contributed by atoms with van der Waals surface area (Å²) in [5.41, 5.74) is 4.05. The molecule has 0 fully saturated rings. The zero-order chi connectivity index (χ0) is 24.0. The first kappa shape index (κ1) is 22.3. The Bertz CT molecular complexity index is 1310. The number of benzene rings is 2. The maximum Gasteiger partial charge on any atom is 0.327 e. The standard InChI is InChI=1S/C27H26ClN3O3/c1-16-10-11-18(17(28)13-16)30-26(33)31-21-8-5-4-7-19(21)29-20-14-27(2,3)15-22(32)24(20)25(31)23-9-6-12-34-23/h4-13,25,29H,14-15H2,1-3H3,(H,30,33)/t25-/m1/s1. The number of Topliss-reactive ketones (excluding diaryl/α,β-unsaturated/α-hetero) is 1. The number of hydrogen-bond acceptors (Lipinski definition) is 4. The molecule has 2 heterocycles. The lowest BCUT2D eigenvalue weighted by atomic mass is 9.74. The number of nitrogens with one attached hydrogen (secondary N) is 2. The smallest absolute Gasteiger partial charge is 0.327 e. The molecule has 1 aliphatic carbocycles. The lowest BCUT2D eigenvalue weighted by Gasteiger charge is -2.36. The molecule has 1 aromatic heterocycles. The molecular weight excluding hydrogens is 450 g/mol. The van der Waals surface area contributed by atoms with Crippen LogP contribution in [0.25, 0.3) is 0 Å². The molecule has 174 valence electrons. The van der Waals surface area contributed by atoms with E-state index in [1.165, 1.54) is 0 Å². The number of rotatable bonds is 2. The summed E-state index contributed by atoms with van der Waals surface area (Å²) >= 11 is 6.42. The third-order valence-corrected chi connectivity index (χ3v) is 6.61. The molecule has 0 radical (unpaired) electrons. The second-order valence-electron chi connectivity index (χ2n) is 9.68. The van der Waals surface area contributed by atoms with Crippen molar-refractivity contribution in [2.75, 3.05) is 15.5 Å². The fourth-order valence-corrected chi connectivity index (χ4v) is 5.11. The summed E-state index contributed by atoms with van der Waals surface area (Å²) in [6.07, 6.45) is 2.63. The van der Waals surface area contributed by atoms with Crippen LogP contribution >= 0.6 is 11.6 Å². The van der Waals surface area contributed by atoms with E-state index in [0.29, 0.717) is 40.6 Å². The van der Waals surface area contributed by atoms with Gasteiger partial charge in [-0.2, -0.15) is 0 Å². The molecule has 5 rings (SSSR count). The molecule has 6 nitrogen and oxygen atoms in total. The van der Waals surface area contributed by atoms with Crippen LogP contribution in [0.3, 0.4) is 0 Å². The zero-order valence-electron chi connectivity index (χ0n) is 19.3. The average Bonchev–Trinajstić information content (AvgIpc) is 3.24. The van der Waals surface area contributed by atoms with Crippen LogP contribution in [0.1, 0.15) is 44.1 Å². The molecule has 0 unspecified atom stereocenters. The van der Waals surface area contributed by atoms with Crippen LogP contribution in [0.4, 0.5) is 21.9 Å². The summed E-state index contributed by atoms with van der Waals surface area (Å²) < 4.78 is 5.80. The summed E-state index contributed by atoms with van der Waals surface area (Å²) in [6, 6.07) is 15.4. The summed E-state index contributed by atoms with van der Waals surface area (Å²) in [5, 5.41) is 6.87. The van der Waals surface area contributed by atoms with E-state index >= 15 is 0 Å². The van der Waals surface area contributed by atoms with Crippen molar-refractivity contribution in [3.8, 4) is 0 Å². The average molecular weight is 476 g/mol. The number of amides is 2. The predicted octanol–water partition coefficient (Wildman–Crippen LogP) is 7.09. The van der Waals surface area contributed by atoms with E-state index in [9.17, 15) is 9.59 Å². The third-order valence-electron chi connectivity index (χ3n) is 6.30. The Morgan fingerprint density at radius 3 is 2.68 bits per heavy atom. The molecule has 1 aliphatic heterocycles. The van der Waals surface area contributed by atoms with Crippen molar-refractivity contribution in [2.45, 2.75) is 39.7 Å².